The Morgan fingerprint density at radius 3 is 2.71 bits per heavy atom. The lowest BCUT2D eigenvalue weighted by molar-refractivity contribution is 0.178. The highest BCUT2D eigenvalue weighted by Crippen LogP contribution is 2.13. The molecule has 6 heteroatoms. The van der Waals surface area contributed by atoms with E-state index in [1.165, 1.54) is 0 Å². The summed E-state index contributed by atoms with van der Waals surface area (Å²) in [5, 5.41) is 12.4. The van der Waals surface area contributed by atoms with E-state index in [2.05, 4.69) is 15.3 Å². The minimum Gasteiger partial charge on any atom is -0.394 e. The molecule has 0 aliphatic rings. The van der Waals surface area contributed by atoms with Crippen LogP contribution in [0.15, 0.2) is 6.07 Å². The van der Waals surface area contributed by atoms with Crippen LogP contribution in [0.3, 0.4) is 0 Å². The third-order valence-electron chi connectivity index (χ3n) is 2.40. The average Bonchev–Trinajstić information content (AvgIpc) is 2.25. The molecular formula is C11H20N4O2. The number of ether oxygens (including phenoxy) is 1. The van der Waals surface area contributed by atoms with Crippen LogP contribution in [-0.4, -0.2) is 34.8 Å². The van der Waals surface area contributed by atoms with Crippen LogP contribution in [-0.2, 0) is 11.3 Å². The molecular weight excluding hydrogens is 220 g/mol. The van der Waals surface area contributed by atoms with Crippen molar-refractivity contribution in [3.05, 3.63) is 11.9 Å². The molecule has 4 N–H and O–H groups in total. The molecule has 1 heterocycles. The van der Waals surface area contributed by atoms with Crippen molar-refractivity contribution in [2.24, 2.45) is 5.92 Å². The number of aromatic nitrogens is 2. The van der Waals surface area contributed by atoms with E-state index >= 15 is 0 Å². The first-order valence-corrected chi connectivity index (χ1v) is 5.56. The van der Waals surface area contributed by atoms with Crippen LogP contribution < -0.4 is 11.1 Å². The molecule has 0 aliphatic carbocycles. The zero-order valence-corrected chi connectivity index (χ0v) is 10.5. The number of hydrogen-bond acceptors (Lipinski definition) is 6. The van der Waals surface area contributed by atoms with Crippen LogP contribution in [0.5, 0.6) is 0 Å². The quantitative estimate of drug-likeness (QED) is 0.675. The molecule has 0 bridgehead atoms. The van der Waals surface area contributed by atoms with Gasteiger partial charge in [-0.2, -0.15) is 0 Å². The molecule has 0 saturated heterocycles. The van der Waals surface area contributed by atoms with Crippen molar-refractivity contribution < 1.29 is 9.84 Å². The standard InChI is InChI=1S/C11H20N4O2/c1-7(2)8(5-16)13-10-4-9(12)14-11(15-10)6-17-3/h4,7-8,16H,5-6H2,1-3H3,(H3,12,13,14,15). The zero-order chi connectivity index (χ0) is 12.8. The van der Waals surface area contributed by atoms with Gasteiger partial charge in [0.15, 0.2) is 5.82 Å². The van der Waals surface area contributed by atoms with Crippen molar-refractivity contribution in [1.29, 1.82) is 0 Å². The fourth-order valence-corrected chi connectivity index (χ4v) is 1.40. The normalized spacial score (nSPS) is 12.8. The molecule has 96 valence electrons. The second kappa shape index (κ2) is 6.36. The summed E-state index contributed by atoms with van der Waals surface area (Å²) in [7, 11) is 1.57. The Balaban J connectivity index is 2.82. The molecule has 17 heavy (non-hydrogen) atoms. The number of hydrogen-bond donors (Lipinski definition) is 3. The van der Waals surface area contributed by atoms with Gasteiger partial charge in [0, 0.05) is 13.2 Å². The van der Waals surface area contributed by atoms with E-state index in [1.807, 2.05) is 13.8 Å². The number of aliphatic hydroxyl groups excluding tert-OH is 1. The number of nitrogens with one attached hydrogen (secondary N) is 1. The third-order valence-corrected chi connectivity index (χ3v) is 2.40. The molecule has 1 aromatic heterocycles. The van der Waals surface area contributed by atoms with E-state index in [4.69, 9.17) is 10.5 Å². The highest BCUT2D eigenvalue weighted by atomic mass is 16.5. The van der Waals surface area contributed by atoms with Gasteiger partial charge in [-0.15, -0.1) is 0 Å². The lowest BCUT2D eigenvalue weighted by atomic mass is 10.1. The van der Waals surface area contributed by atoms with E-state index < -0.39 is 0 Å². The Hall–Kier alpha value is -1.40. The summed E-state index contributed by atoms with van der Waals surface area (Å²) in [6.45, 7) is 4.40. The maximum atomic E-state index is 9.24. The second-order valence-electron chi connectivity index (χ2n) is 4.20. The van der Waals surface area contributed by atoms with Crippen LogP contribution in [0.25, 0.3) is 0 Å². The van der Waals surface area contributed by atoms with Crippen LogP contribution in [0.1, 0.15) is 19.7 Å². The van der Waals surface area contributed by atoms with Gasteiger partial charge in [-0.1, -0.05) is 13.8 Å². The maximum absolute atomic E-state index is 9.24. The number of methoxy groups -OCH3 is 1. The van der Waals surface area contributed by atoms with Gasteiger partial charge in [0.05, 0.1) is 12.6 Å². The summed E-state index contributed by atoms with van der Waals surface area (Å²) in [5.41, 5.74) is 5.67. The summed E-state index contributed by atoms with van der Waals surface area (Å²) < 4.78 is 4.96. The van der Waals surface area contributed by atoms with Crippen molar-refractivity contribution in [2.45, 2.75) is 26.5 Å². The van der Waals surface area contributed by atoms with E-state index in [9.17, 15) is 5.11 Å². The first-order chi connectivity index (χ1) is 8.06. The molecule has 0 fully saturated rings. The summed E-state index contributed by atoms with van der Waals surface area (Å²) in [5.74, 6) is 1.81. The van der Waals surface area contributed by atoms with Gasteiger partial charge in [0.25, 0.3) is 0 Å². The fraction of sp³-hybridized carbons (Fsp3) is 0.636. The number of aliphatic hydroxyl groups is 1. The molecule has 1 aromatic rings. The van der Waals surface area contributed by atoms with Crippen LogP contribution in [0, 0.1) is 5.92 Å². The fourth-order valence-electron chi connectivity index (χ4n) is 1.40. The minimum absolute atomic E-state index is 0.0428. The van der Waals surface area contributed by atoms with Crippen LogP contribution >= 0.6 is 0 Å². The molecule has 6 nitrogen and oxygen atoms in total. The Morgan fingerprint density at radius 1 is 1.47 bits per heavy atom. The summed E-state index contributed by atoms with van der Waals surface area (Å²) in [6.07, 6.45) is 0. The predicted molar refractivity (Wildman–Crippen MR) is 66.5 cm³/mol. The topological polar surface area (TPSA) is 93.3 Å². The molecule has 0 aromatic carbocycles. The minimum atomic E-state index is -0.0558. The average molecular weight is 240 g/mol. The van der Waals surface area contributed by atoms with E-state index in [1.54, 1.807) is 13.2 Å². The van der Waals surface area contributed by atoms with Crippen molar-refractivity contribution in [1.82, 2.24) is 9.97 Å². The maximum Gasteiger partial charge on any atom is 0.158 e. The van der Waals surface area contributed by atoms with Gasteiger partial charge < -0.3 is 20.9 Å². The first-order valence-electron chi connectivity index (χ1n) is 5.56. The van der Waals surface area contributed by atoms with Gasteiger partial charge in [-0.3, -0.25) is 0 Å². The molecule has 1 rings (SSSR count). The SMILES string of the molecule is COCc1nc(N)cc(NC(CO)C(C)C)n1. The Kier molecular flexibility index (Phi) is 5.11. The Labute approximate surface area is 101 Å². The van der Waals surface area contributed by atoms with Gasteiger partial charge in [-0.25, -0.2) is 9.97 Å². The molecule has 0 aliphatic heterocycles. The molecule has 0 saturated carbocycles. The molecule has 0 amide bonds. The predicted octanol–water partition coefficient (Wildman–Crippen LogP) is 0.634. The lowest BCUT2D eigenvalue weighted by Gasteiger charge is -2.20. The van der Waals surface area contributed by atoms with Crippen molar-refractivity contribution in [2.75, 3.05) is 24.8 Å². The first kappa shape index (κ1) is 13.7. The van der Waals surface area contributed by atoms with Gasteiger partial charge in [-0.05, 0) is 5.92 Å². The molecule has 1 atom stereocenters. The lowest BCUT2D eigenvalue weighted by Crippen LogP contribution is -2.30. The molecule has 0 radical (unpaired) electrons. The largest absolute Gasteiger partial charge is 0.394 e. The van der Waals surface area contributed by atoms with Crippen molar-refractivity contribution in [3.8, 4) is 0 Å². The highest BCUT2D eigenvalue weighted by Gasteiger charge is 2.13. The van der Waals surface area contributed by atoms with Crippen molar-refractivity contribution >= 4 is 11.6 Å². The third kappa shape index (κ3) is 4.16. The number of rotatable bonds is 6. The van der Waals surface area contributed by atoms with Gasteiger partial charge >= 0.3 is 0 Å². The Morgan fingerprint density at radius 2 is 2.18 bits per heavy atom. The van der Waals surface area contributed by atoms with Crippen LogP contribution in [0.4, 0.5) is 11.6 Å². The summed E-state index contributed by atoms with van der Waals surface area (Å²) in [6, 6.07) is 1.59. The van der Waals surface area contributed by atoms with E-state index in [0.29, 0.717) is 30.0 Å². The summed E-state index contributed by atoms with van der Waals surface area (Å²) in [4.78, 5) is 8.30. The van der Waals surface area contributed by atoms with E-state index in [0.717, 1.165) is 0 Å². The highest BCUT2D eigenvalue weighted by molar-refractivity contribution is 5.45. The van der Waals surface area contributed by atoms with Crippen molar-refractivity contribution in [3.63, 3.8) is 0 Å². The number of nitrogens with two attached hydrogens (primary N) is 1. The number of nitrogen functional groups attached to an aromatic ring is 1. The van der Waals surface area contributed by atoms with Gasteiger partial charge in [0.2, 0.25) is 0 Å². The van der Waals surface area contributed by atoms with Gasteiger partial charge in [0.1, 0.15) is 18.2 Å². The molecule has 1 unspecified atom stereocenters. The second-order valence-corrected chi connectivity index (χ2v) is 4.20. The van der Waals surface area contributed by atoms with E-state index in [-0.39, 0.29) is 12.6 Å². The Bertz CT molecular complexity index is 357. The summed E-state index contributed by atoms with van der Waals surface area (Å²) >= 11 is 0. The van der Waals surface area contributed by atoms with Crippen LogP contribution in [0.2, 0.25) is 0 Å². The number of anilines is 2. The smallest absolute Gasteiger partial charge is 0.158 e. The number of nitrogens with zero attached hydrogens (tertiary/aromatic N) is 2. The monoisotopic (exact) mass is 240 g/mol. The molecule has 0 spiro atoms. The zero-order valence-electron chi connectivity index (χ0n) is 10.5.